The monoisotopic (exact) mass is 330 g/mol. The second-order valence-electron chi connectivity index (χ2n) is 4.58. The number of benzene rings is 1. The van der Waals surface area contributed by atoms with Crippen LogP contribution in [-0.2, 0) is 15.6 Å². The summed E-state index contributed by atoms with van der Waals surface area (Å²) in [5, 5.41) is 9.44. The van der Waals surface area contributed by atoms with Gasteiger partial charge in [-0.2, -0.15) is 0 Å². The maximum Gasteiger partial charge on any atom is 0.325 e. The Morgan fingerprint density at radius 3 is 2.57 bits per heavy atom. The van der Waals surface area contributed by atoms with Crippen LogP contribution in [0, 0.1) is 0 Å². The maximum absolute atomic E-state index is 12.5. The molecule has 21 heavy (non-hydrogen) atoms. The number of aliphatic carboxylic acids is 1. The SMILES string of the molecule is O=C(O)CN(C(=O)N1CCS(=O)CC1)c1cccc(Cl)c1. The molecule has 0 aromatic heterocycles. The molecule has 2 rings (SSSR count). The zero-order valence-electron chi connectivity index (χ0n) is 11.2. The molecule has 1 heterocycles. The molecule has 2 amide bonds. The van der Waals surface area contributed by atoms with E-state index in [2.05, 4.69) is 0 Å². The van der Waals surface area contributed by atoms with E-state index in [0.29, 0.717) is 35.3 Å². The van der Waals surface area contributed by atoms with Crippen LogP contribution in [0.15, 0.2) is 24.3 Å². The lowest BCUT2D eigenvalue weighted by Gasteiger charge is -2.32. The maximum atomic E-state index is 12.5. The summed E-state index contributed by atoms with van der Waals surface area (Å²) in [5.74, 6) is -0.270. The van der Waals surface area contributed by atoms with Crippen LogP contribution in [0.5, 0.6) is 0 Å². The van der Waals surface area contributed by atoms with Crippen molar-refractivity contribution in [3.63, 3.8) is 0 Å². The van der Waals surface area contributed by atoms with Gasteiger partial charge in [0, 0.05) is 46.1 Å². The molecule has 1 aliphatic rings. The number of carboxylic acid groups (broad SMARTS) is 1. The summed E-state index contributed by atoms with van der Waals surface area (Å²) in [5.41, 5.74) is 0.432. The van der Waals surface area contributed by atoms with Gasteiger partial charge in [-0.3, -0.25) is 13.9 Å². The van der Waals surface area contributed by atoms with Crippen molar-refractivity contribution in [3.8, 4) is 0 Å². The van der Waals surface area contributed by atoms with Crippen LogP contribution >= 0.6 is 11.6 Å². The molecule has 1 aliphatic heterocycles. The largest absolute Gasteiger partial charge is 0.480 e. The Labute approximate surface area is 129 Å². The van der Waals surface area contributed by atoms with Gasteiger partial charge < -0.3 is 10.0 Å². The van der Waals surface area contributed by atoms with Crippen LogP contribution in [0.4, 0.5) is 10.5 Å². The van der Waals surface area contributed by atoms with Crippen molar-refractivity contribution in [2.75, 3.05) is 36.0 Å². The van der Waals surface area contributed by atoms with Crippen molar-refractivity contribution < 1.29 is 18.9 Å². The first-order valence-electron chi connectivity index (χ1n) is 6.36. The predicted octanol–water partition coefficient (Wildman–Crippen LogP) is 1.42. The van der Waals surface area contributed by atoms with Gasteiger partial charge in [0.05, 0.1) is 0 Å². The highest BCUT2D eigenvalue weighted by molar-refractivity contribution is 7.85. The number of anilines is 1. The number of urea groups is 1. The molecule has 0 spiro atoms. The number of rotatable bonds is 3. The average molecular weight is 331 g/mol. The normalized spacial score (nSPS) is 15.8. The minimum absolute atomic E-state index is 0.363. The van der Waals surface area contributed by atoms with Gasteiger partial charge in [-0.1, -0.05) is 17.7 Å². The summed E-state index contributed by atoms with van der Waals surface area (Å²) in [6.07, 6.45) is 0. The van der Waals surface area contributed by atoms with E-state index in [1.54, 1.807) is 24.3 Å². The highest BCUT2D eigenvalue weighted by atomic mass is 35.5. The fourth-order valence-electron chi connectivity index (χ4n) is 2.05. The Morgan fingerprint density at radius 2 is 2.00 bits per heavy atom. The first-order valence-corrected chi connectivity index (χ1v) is 8.23. The Morgan fingerprint density at radius 1 is 1.33 bits per heavy atom. The van der Waals surface area contributed by atoms with E-state index in [4.69, 9.17) is 16.7 Å². The van der Waals surface area contributed by atoms with Gasteiger partial charge in [0.1, 0.15) is 6.54 Å². The second-order valence-corrected chi connectivity index (χ2v) is 6.71. The fraction of sp³-hybridized carbons (Fsp3) is 0.385. The summed E-state index contributed by atoms with van der Waals surface area (Å²) < 4.78 is 11.3. The highest BCUT2D eigenvalue weighted by Gasteiger charge is 2.27. The molecular formula is C13H15ClN2O4S. The number of hydrogen-bond donors (Lipinski definition) is 1. The summed E-state index contributed by atoms with van der Waals surface area (Å²) >= 11 is 5.90. The number of halogens is 1. The van der Waals surface area contributed by atoms with Gasteiger partial charge in [0.2, 0.25) is 0 Å². The molecule has 0 unspecified atom stereocenters. The van der Waals surface area contributed by atoms with Crippen LogP contribution in [0.1, 0.15) is 0 Å². The van der Waals surface area contributed by atoms with E-state index in [9.17, 15) is 13.8 Å². The quantitative estimate of drug-likeness (QED) is 0.909. The number of nitrogens with zero attached hydrogens (tertiary/aromatic N) is 2. The van der Waals surface area contributed by atoms with Crippen LogP contribution in [0.2, 0.25) is 5.02 Å². The van der Waals surface area contributed by atoms with Gasteiger partial charge in [0.15, 0.2) is 0 Å². The zero-order chi connectivity index (χ0) is 15.4. The molecule has 114 valence electrons. The lowest BCUT2D eigenvalue weighted by Crippen LogP contribution is -2.50. The number of carboxylic acids is 1. The number of amides is 2. The highest BCUT2D eigenvalue weighted by Crippen LogP contribution is 2.21. The van der Waals surface area contributed by atoms with E-state index in [-0.39, 0.29) is 0 Å². The summed E-state index contributed by atoms with van der Waals surface area (Å²) in [6, 6.07) is 6.08. The van der Waals surface area contributed by atoms with Gasteiger partial charge >= 0.3 is 12.0 Å². The molecule has 1 fully saturated rings. The topological polar surface area (TPSA) is 77.9 Å². The molecule has 1 aromatic rings. The zero-order valence-corrected chi connectivity index (χ0v) is 12.8. The first-order chi connectivity index (χ1) is 9.97. The molecule has 0 saturated carbocycles. The lowest BCUT2D eigenvalue weighted by atomic mass is 10.3. The molecule has 1 saturated heterocycles. The number of carbonyl (C=O) groups is 2. The molecule has 0 bridgehead atoms. The average Bonchev–Trinajstić information content (AvgIpc) is 2.44. The van der Waals surface area contributed by atoms with E-state index < -0.39 is 29.3 Å². The Kier molecular flexibility index (Phi) is 5.19. The van der Waals surface area contributed by atoms with Gasteiger partial charge in [-0.05, 0) is 18.2 Å². The van der Waals surface area contributed by atoms with Crippen LogP contribution in [0.3, 0.4) is 0 Å². The van der Waals surface area contributed by atoms with Crippen molar-refractivity contribution in [2.45, 2.75) is 0 Å². The fourth-order valence-corrected chi connectivity index (χ4v) is 3.29. The predicted molar refractivity (Wildman–Crippen MR) is 81.3 cm³/mol. The molecular weight excluding hydrogens is 316 g/mol. The van der Waals surface area contributed by atoms with Gasteiger partial charge in [-0.15, -0.1) is 0 Å². The van der Waals surface area contributed by atoms with Gasteiger partial charge in [-0.25, -0.2) is 4.79 Å². The summed E-state index contributed by atoms with van der Waals surface area (Å²) in [4.78, 5) is 26.2. The molecule has 6 nitrogen and oxygen atoms in total. The van der Waals surface area contributed by atoms with Crippen LogP contribution < -0.4 is 4.90 Å². The Balaban J connectivity index is 2.21. The summed E-state index contributed by atoms with van der Waals surface area (Å²) in [7, 11) is -0.899. The third-order valence-corrected chi connectivity index (χ3v) is 4.60. The van der Waals surface area contributed by atoms with Gasteiger partial charge in [0.25, 0.3) is 0 Å². The molecule has 1 aromatic carbocycles. The third-order valence-electron chi connectivity index (χ3n) is 3.09. The number of hydrogen-bond acceptors (Lipinski definition) is 3. The molecule has 1 N–H and O–H groups in total. The Hall–Kier alpha value is -1.60. The van der Waals surface area contributed by atoms with Crippen molar-refractivity contribution in [1.82, 2.24) is 4.90 Å². The van der Waals surface area contributed by atoms with Crippen molar-refractivity contribution in [2.24, 2.45) is 0 Å². The lowest BCUT2D eigenvalue weighted by molar-refractivity contribution is -0.135. The van der Waals surface area contributed by atoms with E-state index in [1.807, 2.05) is 0 Å². The summed E-state index contributed by atoms with van der Waals surface area (Å²) in [6.45, 7) is 0.281. The minimum atomic E-state index is -1.11. The van der Waals surface area contributed by atoms with Crippen LogP contribution in [0.25, 0.3) is 0 Å². The smallest absolute Gasteiger partial charge is 0.325 e. The van der Waals surface area contributed by atoms with Crippen molar-refractivity contribution in [3.05, 3.63) is 29.3 Å². The third kappa shape index (κ3) is 4.18. The van der Waals surface area contributed by atoms with E-state index in [0.717, 1.165) is 0 Å². The minimum Gasteiger partial charge on any atom is -0.480 e. The second kappa shape index (κ2) is 6.91. The van der Waals surface area contributed by atoms with Crippen molar-refractivity contribution in [1.29, 1.82) is 0 Å². The first kappa shape index (κ1) is 15.8. The number of carbonyl (C=O) groups excluding carboxylic acids is 1. The Bertz CT molecular complexity index is 571. The molecule has 0 aliphatic carbocycles. The van der Waals surface area contributed by atoms with E-state index >= 15 is 0 Å². The molecule has 8 heteroatoms. The van der Waals surface area contributed by atoms with E-state index in [1.165, 1.54) is 9.80 Å². The molecule has 0 radical (unpaired) electrons. The van der Waals surface area contributed by atoms with Crippen molar-refractivity contribution >= 4 is 40.1 Å². The molecule has 0 atom stereocenters. The standard InChI is InChI=1S/C13H15ClN2O4S/c14-10-2-1-3-11(8-10)16(9-12(17)18)13(19)15-4-6-21(20)7-5-15/h1-3,8H,4-7,9H2,(H,17,18). The van der Waals surface area contributed by atoms with Crippen LogP contribution in [-0.4, -0.2) is 57.4 Å².